The van der Waals surface area contributed by atoms with Gasteiger partial charge in [0, 0.05) is 6.42 Å². The number of carbonyl (C=O) groups is 2. The first-order chi connectivity index (χ1) is 16.1. The molecule has 2 rings (SSSR count). The van der Waals surface area contributed by atoms with Crippen LogP contribution in [0.25, 0.3) is 0 Å². The van der Waals surface area contributed by atoms with Crippen LogP contribution in [-0.2, 0) is 35.5 Å². The van der Waals surface area contributed by atoms with E-state index in [1.807, 2.05) is 19.1 Å². The van der Waals surface area contributed by atoms with Crippen LogP contribution in [0.3, 0.4) is 0 Å². The molecule has 1 N–H and O–H groups in total. The van der Waals surface area contributed by atoms with E-state index in [9.17, 15) is 18.0 Å². The molecular formula is C27H37NO6S. The number of carbonyl (C=O) groups excluding carboxylic acids is 2. The molecule has 1 unspecified atom stereocenters. The molecule has 0 fully saturated rings. The highest BCUT2D eigenvalue weighted by Crippen LogP contribution is 2.25. The third-order valence-corrected chi connectivity index (χ3v) is 6.76. The number of rotatable bonds is 9. The molecule has 0 aliphatic heterocycles. The molecule has 0 amide bonds. The van der Waals surface area contributed by atoms with Crippen LogP contribution in [0.4, 0.5) is 0 Å². The Balaban J connectivity index is 2.33. The molecule has 0 spiro atoms. The van der Waals surface area contributed by atoms with E-state index in [0.29, 0.717) is 12.0 Å². The Kier molecular flexibility index (Phi) is 9.25. The number of nitrogens with one attached hydrogen (secondary N) is 1. The number of esters is 2. The molecule has 8 heteroatoms. The van der Waals surface area contributed by atoms with Crippen LogP contribution in [0.15, 0.2) is 53.4 Å². The number of hydrogen-bond acceptors (Lipinski definition) is 6. The first-order valence-corrected chi connectivity index (χ1v) is 13.1. The van der Waals surface area contributed by atoms with Crippen molar-refractivity contribution in [1.29, 1.82) is 0 Å². The van der Waals surface area contributed by atoms with Gasteiger partial charge in [0.2, 0.25) is 10.0 Å². The largest absolute Gasteiger partial charge is 0.465 e. The Hall–Kier alpha value is -2.71. The molecule has 0 heterocycles. The van der Waals surface area contributed by atoms with E-state index >= 15 is 0 Å². The topological polar surface area (TPSA) is 98.8 Å². The summed E-state index contributed by atoms with van der Waals surface area (Å²) in [5.41, 5.74) is 1.03. The van der Waals surface area contributed by atoms with Crippen LogP contribution in [0.5, 0.6) is 0 Å². The summed E-state index contributed by atoms with van der Waals surface area (Å²) < 4.78 is 40.0. The second-order valence-electron chi connectivity index (χ2n) is 10.7. The zero-order valence-corrected chi connectivity index (χ0v) is 22.5. The van der Waals surface area contributed by atoms with Crippen LogP contribution >= 0.6 is 0 Å². The fourth-order valence-electron chi connectivity index (χ4n) is 3.11. The average molecular weight is 504 g/mol. The summed E-state index contributed by atoms with van der Waals surface area (Å²) in [4.78, 5) is 24.7. The van der Waals surface area contributed by atoms with Gasteiger partial charge in [-0.25, -0.2) is 13.1 Å². The van der Waals surface area contributed by atoms with Crippen molar-refractivity contribution in [3.05, 3.63) is 65.2 Å². The van der Waals surface area contributed by atoms with Gasteiger partial charge < -0.3 is 9.47 Å². The molecule has 0 radical (unpaired) electrons. The first kappa shape index (κ1) is 28.5. The standard InChI is InChI=1S/C27H37NO6S/c1-19-12-14-21(15-13-19)35(31,32)28-23(18-34-25(30)27(5,6)7)22-11-9-8-10-20(22)16-17-33-24(29)26(2,3)4/h8-15,23,28H,16-18H2,1-7H3. The summed E-state index contributed by atoms with van der Waals surface area (Å²) in [6.07, 6.45) is 0.383. The highest BCUT2D eigenvalue weighted by Gasteiger charge is 2.28. The molecule has 2 aromatic rings. The van der Waals surface area contributed by atoms with E-state index in [1.165, 1.54) is 12.1 Å². The maximum Gasteiger partial charge on any atom is 0.311 e. The van der Waals surface area contributed by atoms with Crippen molar-refractivity contribution in [1.82, 2.24) is 4.72 Å². The first-order valence-electron chi connectivity index (χ1n) is 11.6. The molecule has 2 aromatic carbocycles. The van der Waals surface area contributed by atoms with Gasteiger partial charge in [0.05, 0.1) is 28.4 Å². The predicted octanol–water partition coefficient (Wildman–Crippen LogP) is 4.74. The Bertz CT molecular complexity index is 1130. The van der Waals surface area contributed by atoms with Gasteiger partial charge in [0.25, 0.3) is 0 Å². The van der Waals surface area contributed by atoms with Gasteiger partial charge in [-0.2, -0.15) is 0 Å². The molecule has 7 nitrogen and oxygen atoms in total. The average Bonchev–Trinajstić information content (AvgIpc) is 2.75. The SMILES string of the molecule is Cc1ccc(S(=O)(=O)NC(COC(=O)C(C)(C)C)c2ccccc2CCOC(=O)C(C)(C)C)cc1. The van der Waals surface area contributed by atoms with Gasteiger partial charge in [0.15, 0.2) is 0 Å². The summed E-state index contributed by atoms with van der Waals surface area (Å²) in [5.74, 6) is -0.751. The Labute approximate surface area is 209 Å². The summed E-state index contributed by atoms with van der Waals surface area (Å²) in [7, 11) is -3.90. The highest BCUT2D eigenvalue weighted by molar-refractivity contribution is 7.89. The van der Waals surface area contributed by atoms with Gasteiger partial charge >= 0.3 is 11.9 Å². The third kappa shape index (κ3) is 8.47. The van der Waals surface area contributed by atoms with Crippen molar-refractivity contribution in [2.24, 2.45) is 10.8 Å². The molecule has 0 aromatic heterocycles. The molecule has 0 aliphatic carbocycles. The smallest absolute Gasteiger partial charge is 0.311 e. The van der Waals surface area contributed by atoms with E-state index in [0.717, 1.165) is 11.1 Å². The lowest BCUT2D eigenvalue weighted by Crippen LogP contribution is -2.34. The van der Waals surface area contributed by atoms with Crippen molar-refractivity contribution < 1.29 is 27.5 Å². The second-order valence-corrected chi connectivity index (χ2v) is 12.4. The van der Waals surface area contributed by atoms with E-state index in [4.69, 9.17) is 9.47 Å². The van der Waals surface area contributed by atoms with Crippen molar-refractivity contribution in [2.45, 2.75) is 65.8 Å². The predicted molar refractivity (Wildman–Crippen MR) is 135 cm³/mol. The van der Waals surface area contributed by atoms with E-state index in [2.05, 4.69) is 4.72 Å². The molecular weight excluding hydrogens is 466 g/mol. The van der Waals surface area contributed by atoms with Gasteiger partial charge in [-0.15, -0.1) is 0 Å². The minimum Gasteiger partial charge on any atom is -0.465 e. The van der Waals surface area contributed by atoms with E-state index in [1.54, 1.807) is 65.8 Å². The van der Waals surface area contributed by atoms with Crippen LogP contribution in [0, 0.1) is 17.8 Å². The maximum absolute atomic E-state index is 13.2. The van der Waals surface area contributed by atoms with Crippen LogP contribution in [0.2, 0.25) is 0 Å². The van der Waals surface area contributed by atoms with Crippen molar-refractivity contribution in [3.8, 4) is 0 Å². The fraction of sp³-hybridized carbons (Fsp3) is 0.481. The van der Waals surface area contributed by atoms with Gasteiger partial charge in [-0.05, 0) is 71.7 Å². The second kappa shape index (κ2) is 11.4. The minimum absolute atomic E-state index is 0.117. The van der Waals surface area contributed by atoms with Crippen LogP contribution < -0.4 is 4.72 Å². The summed E-state index contributed by atoms with van der Waals surface area (Å²) in [6, 6.07) is 12.9. The number of aryl methyl sites for hydroxylation is 1. The summed E-state index contributed by atoms with van der Waals surface area (Å²) in [5, 5.41) is 0. The fourth-order valence-corrected chi connectivity index (χ4v) is 4.31. The number of hydrogen-bond donors (Lipinski definition) is 1. The van der Waals surface area contributed by atoms with Crippen molar-refractivity contribution in [3.63, 3.8) is 0 Å². The molecule has 35 heavy (non-hydrogen) atoms. The molecule has 0 bridgehead atoms. The Morgan fingerprint density at radius 2 is 1.40 bits per heavy atom. The quantitative estimate of drug-likeness (QED) is 0.497. The molecule has 0 aliphatic rings. The van der Waals surface area contributed by atoms with Crippen molar-refractivity contribution >= 4 is 22.0 Å². The van der Waals surface area contributed by atoms with E-state index < -0.39 is 32.9 Å². The lowest BCUT2D eigenvalue weighted by atomic mass is 9.96. The Morgan fingerprint density at radius 3 is 1.97 bits per heavy atom. The van der Waals surface area contributed by atoms with Crippen molar-refractivity contribution in [2.75, 3.05) is 13.2 Å². The number of benzene rings is 2. The Morgan fingerprint density at radius 1 is 0.857 bits per heavy atom. The minimum atomic E-state index is -3.90. The number of sulfonamides is 1. The molecule has 192 valence electrons. The van der Waals surface area contributed by atoms with Crippen LogP contribution in [-0.4, -0.2) is 33.6 Å². The van der Waals surface area contributed by atoms with Crippen LogP contribution in [0.1, 0.15) is 64.3 Å². The van der Waals surface area contributed by atoms with Gasteiger partial charge in [-0.3, -0.25) is 9.59 Å². The van der Waals surface area contributed by atoms with Gasteiger partial charge in [-0.1, -0.05) is 42.0 Å². The monoisotopic (exact) mass is 503 g/mol. The molecule has 0 saturated carbocycles. The third-order valence-electron chi connectivity index (χ3n) is 5.27. The van der Waals surface area contributed by atoms with Gasteiger partial charge in [0.1, 0.15) is 6.61 Å². The zero-order valence-electron chi connectivity index (χ0n) is 21.7. The lowest BCUT2D eigenvalue weighted by molar-refractivity contribution is -0.154. The highest BCUT2D eigenvalue weighted by atomic mass is 32.2. The molecule has 0 saturated heterocycles. The molecule has 1 atom stereocenters. The summed E-state index contributed by atoms with van der Waals surface area (Å²) >= 11 is 0. The number of ether oxygens (including phenoxy) is 2. The normalized spacial score (nSPS) is 13.2. The zero-order chi connectivity index (χ0) is 26.4. The van der Waals surface area contributed by atoms with E-state index in [-0.39, 0.29) is 24.1 Å². The maximum atomic E-state index is 13.2. The summed E-state index contributed by atoms with van der Waals surface area (Å²) in [6.45, 7) is 12.4. The lowest BCUT2D eigenvalue weighted by Gasteiger charge is -2.24.